The number of fused-ring (bicyclic) bond motifs is 1. The Hall–Kier alpha value is -1.85. The molecule has 1 aliphatic heterocycles. The van der Waals surface area contributed by atoms with E-state index in [1.54, 1.807) is 12.1 Å². The van der Waals surface area contributed by atoms with Gasteiger partial charge in [0.2, 0.25) is 0 Å². The summed E-state index contributed by atoms with van der Waals surface area (Å²) in [6, 6.07) is 7.20. The van der Waals surface area contributed by atoms with Crippen molar-refractivity contribution in [3.8, 4) is 10.4 Å². The Labute approximate surface area is 211 Å². The molecule has 7 nitrogen and oxygen atoms in total. The van der Waals surface area contributed by atoms with Crippen LogP contribution < -0.4 is 5.73 Å². The van der Waals surface area contributed by atoms with Crippen molar-refractivity contribution in [2.75, 3.05) is 5.75 Å². The molecule has 1 saturated carbocycles. The topological polar surface area (TPSA) is 133 Å². The molecular weight excluding hydrogens is 504 g/mol. The number of hydrogen-bond donors (Lipinski definition) is 4. The molecule has 0 spiro atoms. The molecule has 3 aromatic rings. The summed E-state index contributed by atoms with van der Waals surface area (Å²) in [6.07, 6.45) is 6.46. The van der Waals surface area contributed by atoms with E-state index in [0.29, 0.717) is 46.7 Å². The van der Waals surface area contributed by atoms with Crippen molar-refractivity contribution in [2.45, 2.75) is 72.5 Å². The van der Waals surface area contributed by atoms with E-state index in [1.165, 1.54) is 11.3 Å². The smallest absolute Gasteiger partial charge is 0.250 e. The van der Waals surface area contributed by atoms with Crippen molar-refractivity contribution in [3.05, 3.63) is 41.6 Å². The van der Waals surface area contributed by atoms with Crippen LogP contribution in [0.2, 0.25) is 0 Å². The summed E-state index contributed by atoms with van der Waals surface area (Å²) >= 11 is 1.24. The number of nitrogens with two attached hydrogens (primary N) is 1. The Bertz CT molecular complexity index is 1400. The Balaban J connectivity index is 1.57. The van der Waals surface area contributed by atoms with Crippen molar-refractivity contribution >= 4 is 48.6 Å². The Morgan fingerprint density at radius 1 is 1.17 bits per heavy atom. The first-order chi connectivity index (χ1) is 16.4. The standard InChI is InChI=1S/C25H32N2O5S3/c1-25(2)13-15(9-10-34(25,29)30)20-14-27-23-18(20)11-16(12-19(23)24(26)28)21-7-8-22(33-21)35(31,32)17-5-3-4-6-17/h7-8,11-12,14-15,17,27,29-30H,3-6,9-10,13H2,1-2H3,(H2,26,28). The lowest BCUT2D eigenvalue weighted by atomic mass is 9.86. The first-order valence-electron chi connectivity index (χ1n) is 12.0. The van der Waals surface area contributed by atoms with Crippen LogP contribution in [0.3, 0.4) is 0 Å². The molecule has 5 rings (SSSR count). The van der Waals surface area contributed by atoms with E-state index in [2.05, 4.69) is 4.98 Å². The molecule has 1 unspecified atom stereocenters. The first-order valence-corrected chi connectivity index (χ1v) is 16.0. The number of H-pyrrole nitrogens is 1. The average Bonchev–Trinajstić information content (AvgIpc) is 3.55. The highest BCUT2D eigenvalue weighted by Crippen LogP contribution is 2.61. The lowest BCUT2D eigenvalue weighted by molar-refractivity contribution is 0.100. The van der Waals surface area contributed by atoms with Gasteiger partial charge in [-0.1, -0.05) is 12.8 Å². The van der Waals surface area contributed by atoms with Gasteiger partial charge in [0, 0.05) is 22.2 Å². The third kappa shape index (κ3) is 4.23. The predicted octanol–water partition coefficient (Wildman–Crippen LogP) is 6.12. The van der Waals surface area contributed by atoms with Crippen LogP contribution in [0.1, 0.15) is 74.2 Å². The summed E-state index contributed by atoms with van der Waals surface area (Å²) in [4.78, 5) is 16.3. The van der Waals surface area contributed by atoms with Gasteiger partial charge in [0.1, 0.15) is 4.21 Å². The Kier molecular flexibility index (Phi) is 6.12. The van der Waals surface area contributed by atoms with E-state index in [9.17, 15) is 22.3 Å². The second kappa shape index (κ2) is 8.62. The maximum absolute atomic E-state index is 13.1. The van der Waals surface area contributed by atoms with Crippen molar-refractivity contribution < 1.29 is 22.3 Å². The van der Waals surface area contributed by atoms with Crippen molar-refractivity contribution in [1.82, 2.24) is 4.98 Å². The van der Waals surface area contributed by atoms with Crippen molar-refractivity contribution in [2.24, 2.45) is 5.73 Å². The van der Waals surface area contributed by atoms with Crippen LogP contribution in [-0.4, -0.2) is 44.2 Å². The number of benzene rings is 1. The van der Waals surface area contributed by atoms with Crippen LogP contribution in [0.15, 0.2) is 34.7 Å². The van der Waals surface area contributed by atoms with Gasteiger partial charge >= 0.3 is 0 Å². The third-order valence-corrected chi connectivity index (χ3v) is 14.5. The number of nitrogens with one attached hydrogen (secondary N) is 1. The van der Waals surface area contributed by atoms with E-state index in [4.69, 9.17) is 5.73 Å². The summed E-state index contributed by atoms with van der Waals surface area (Å²) in [5.41, 5.74) is 8.52. The van der Waals surface area contributed by atoms with Gasteiger partial charge in [-0.2, -0.15) is 10.6 Å². The molecule has 0 bridgehead atoms. The number of thiophene rings is 1. The van der Waals surface area contributed by atoms with Gasteiger partial charge in [-0.15, -0.1) is 11.3 Å². The SMILES string of the molecule is CC1(C)CC(c2c[nH]c3c(C(N)=O)cc(-c4ccc(S(=O)(=O)C5CCCC5)s4)cc23)CCS1(O)O. The Morgan fingerprint density at radius 3 is 2.54 bits per heavy atom. The summed E-state index contributed by atoms with van der Waals surface area (Å²) in [5.74, 6) is -0.123. The van der Waals surface area contributed by atoms with Crippen LogP contribution in [0.25, 0.3) is 21.3 Å². The Morgan fingerprint density at radius 2 is 1.89 bits per heavy atom. The molecule has 2 aromatic heterocycles. The number of carbonyl (C=O) groups is 1. The zero-order valence-electron chi connectivity index (χ0n) is 19.9. The quantitative estimate of drug-likeness (QED) is 0.312. The van der Waals surface area contributed by atoms with Crippen molar-refractivity contribution in [1.29, 1.82) is 0 Å². The minimum absolute atomic E-state index is 0.0938. The van der Waals surface area contributed by atoms with Gasteiger partial charge in [-0.25, -0.2) is 8.42 Å². The van der Waals surface area contributed by atoms with Crippen LogP contribution >= 0.6 is 21.9 Å². The highest BCUT2D eigenvalue weighted by Gasteiger charge is 2.42. The number of hydrogen-bond acceptors (Lipinski definition) is 6. The number of primary amides is 1. The minimum atomic E-state index is -3.36. The predicted molar refractivity (Wildman–Crippen MR) is 143 cm³/mol. The first kappa shape index (κ1) is 24.8. The molecule has 10 heteroatoms. The second-order valence-corrected chi connectivity index (χ2v) is 16.8. The van der Waals surface area contributed by atoms with Crippen LogP contribution in [0.5, 0.6) is 0 Å². The summed E-state index contributed by atoms with van der Waals surface area (Å²) in [6.45, 7) is 3.78. The molecule has 1 amide bonds. The van der Waals surface area contributed by atoms with E-state index in [-0.39, 0.29) is 11.2 Å². The van der Waals surface area contributed by atoms with Gasteiger partial charge in [-0.05, 0) is 80.8 Å². The number of aromatic nitrogens is 1. The molecule has 2 fully saturated rings. The molecule has 5 N–H and O–H groups in total. The molecule has 1 aromatic carbocycles. The number of amides is 1. The van der Waals surface area contributed by atoms with Crippen molar-refractivity contribution in [3.63, 3.8) is 0 Å². The van der Waals surface area contributed by atoms with Crippen LogP contribution in [0.4, 0.5) is 0 Å². The lowest BCUT2D eigenvalue weighted by Crippen LogP contribution is -2.36. The van der Waals surface area contributed by atoms with E-state index < -0.39 is 31.1 Å². The van der Waals surface area contributed by atoms with Crippen LogP contribution in [-0.2, 0) is 9.84 Å². The summed E-state index contributed by atoms with van der Waals surface area (Å²) in [7, 11) is -6.03. The fraction of sp³-hybridized carbons (Fsp3) is 0.480. The van der Waals surface area contributed by atoms with Gasteiger partial charge in [0.25, 0.3) is 5.91 Å². The van der Waals surface area contributed by atoms with E-state index in [0.717, 1.165) is 34.2 Å². The summed E-state index contributed by atoms with van der Waals surface area (Å²) < 4.78 is 47.0. The number of carbonyl (C=O) groups excluding carboxylic acids is 1. The molecule has 190 valence electrons. The van der Waals surface area contributed by atoms with E-state index >= 15 is 0 Å². The van der Waals surface area contributed by atoms with Gasteiger partial charge < -0.3 is 10.7 Å². The molecule has 1 saturated heterocycles. The zero-order chi connectivity index (χ0) is 25.2. The molecule has 1 aliphatic carbocycles. The third-order valence-electron chi connectivity index (χ3n) is 7.79. The number of sulfone groups is 1. The fourth-order valence-corrected chi connectivity index (χ4v) is 10.6. The molecule has 0 radical (unpaired) electrons. The molecule has 35 heavy (non-hydrogen) atoms. The number of rotatable bonds is 5. The van der Waals surface area contributed by atoms with Gasteiger partial charge in [0.15, 0.2) is 9.84 Å². The highest BCUT2D eigenvalue weighted by atomic mass is 32.3. The average molecular weight is 537 g/mol. The van der Waals surface area contributed by atoms with Crippen LogP contribution in [0, 0.1) is 0 Å². The second-order valence-electron chi connectivity index (χ2n) is 10.4. The molecular formula is C25H32N2O5S3. The zero-order valence-corrected chi connectivity index (χ0v) is 22.4. The number of aromatic amines is 1. The maximum atomic E-state index is 13.1. The maximum Gasteiger partial charge on any atom is 0.250 e. The minimum Gasteiger partial charge on any atom is -0.366 e. The largest absolute Gasteiger partial charge is 0.366 e. The fourth-order valence-electron chi connectivity index (χ4n) is 5.60. The molecule has 3 heterocycles. The monoisotopic (exact) mass is 536 g/mol. The summed E-state index contributed by atoms with van der Waals surface area (Å²) in [5, 5.41) is 0.556. The normalized spacial score (nSPS) is 23.5. The molecule has 1 atom stereocenters. The molecule has 2 aliphatic rings. The van der Waals surface area contributed by atoms with E-state index in [1.807, 2.05) is 32.2 Å². The van der Waals surface area contributed by atoms with Gasteiger partial charge in [-0.3, -0.25) is 13.9 Å². The van der Waals surface area contributed by atoms with Gasteiger partial charge in [0.05, 0.1) is 21.1 Å². The highest BCUT2D eigenvalue weighted by molar-refractivity contribution is 8.25. The lowest BCUT2D eigenvalue weighted by Gasteiger charge is -2.52.